The van der Waals surface area contributed by atoms with E-state index in [0.717, 1.165) is 37.3 Å². The van der Waals surface area contributed by atoms with Gasteiger partial charge in [-0.25, -0.2) is 0 Å². The molecule has 1 aromatic carbocycles. The van der Waals surface area contributed by atoms with Gasteiger partial charge in [0.2, 0.25) is 0 Å². The van der Waals surface area contributed by atoms with Crippen molar-refractivity contribution < 1.29 is 14.4 Å². The van der Waals surface area contributed by atoms with E-state index in [2.05, 4.69) is 60.5 Å². The molecule has 0 radical (unpaired) electrons. The summed E-state index contributed by atoms with van der Waals surface area (Å²) in [6, 6.07) is 12.8. The number of hydrogen-bond acceptors (Lipinski definition) is 6. The molecular weight excluding hydrogens is 354 g/mol. The zero-order valence-electron chi connectivity index (χ0n) is 17.2. The predicted molar refractivity (Wildman–Crippen MR) is 109 cm³/mol. The van der Waals surface area contributed by atoms with E-state index in [-0.39, 0.29) is 12.2 Å². The number of hydrogen-bond donors (Lipinski definition) is 2. The molecule has 1 aromatic heterocycles. The minimum atomic E-state index is -0.401. The van der Waals surface area contributed by atoms with Gasteiger partial charge in [-0.15, -0.1) is 0 Å². The Hall–Kier alpha value is -1.73. The van der Waals surface area contributed by atoms with Gasteiger partial charge < -0.3 is 19.7 Å². The Labute approximate surface area is 167 Å². The highest BCUT2D eigenvalue weighted by molar-refractivity contribution is 5.14. The van der Waals surface area contributed by atoms with Gasteiger partial charge in [0.05, 0.1) is 30.6 Å². The number of nitrogens with one attached hydrogen (secondary N) is 1. The van der Waals surface area contributed by atoms with Crippen molar-refractivity contribution in [3.8, 4) is 0 Å². The van der Waals surface area contributed by atoms with Crippen LogP contribution < -0.4 is 5.32 Å². The summed E-state index contributed by atoms with van der Waals surface area (Å²) in [7, 11) is 2.08. The van der Waals surface area contributed by atoms with Crippen LogP contribution in [0, 0.1) is 0 Å². The van der Waals surface area contributed by atoms with E-state index in [0.29, 0.717) is 19.1 Å². The van der Waals surface area contributed by atoms with Gasteiger partial charge in [-0.2, -0.15) is 0 Å². The zero-order valence-corrected chi connectivity index (χ0v) is 17.2. The summed E-state index contributed by atoms with van der Waals surface area (Å²) in [6.07, 6.45) is 1.83. The average molecular weight is 388 g/mol. The maximum Gasteiger partial charge on any atom is 0.150 e. The number of aliphatic hydroxyl groups is 1. The van der Waals surface area contributed by atoms with Crippen LogP contribution >= 0.6 is 0 Å². The van der Waals surface area contributed by atoms with Gasteiger partial charge in [-0.3, -0.25) is 4.90 Å². The van der Waals surface area contributed by atoms with Gasteiger partial charge in [-0.05, 0) is 25.5 Å². The Morgan fingerprint density at radius 3 is 2.75 bits per heavy atom. The summed E-state index contributed by atoms with van der Waals surface area (Å²) in [5.74, 6) is 0.863. The van der Waals surface area contributed by atoms with E-state index in [1.54, 1.807) is 0 Å². The van der Waals surface area contributed by atoms with Crippen molar-refractivity contribution in [2.75, 3.05) is 13.6 Å². The molecule has 0 spiro atoms. The molecule has 0 bridgehead atoms. The summed E-state index contributed by atoms with van der Waals surface area (Å²) in [6.45, 7) is 6.44. The minimum Gasteiger partial charge on any atom is -0.390 e. The van der Waals surface area contributed by atoms with Crippen LogP contribution in [0.1, 0.15) is 43.7 Å². The first-order valence-corrected chi connectivity index (χ1v) is 10.2. The van der Waals surface area contributed by atoms with Crippen LogP contribution in [0.15, 0.2) is 40.9 Å². The van der Waals surface area contributed by atoms with Crippen molar-refractivity contribution in [3.63, 3.8) is 0 Å². The molecular formula is C22H33N3O3. The third-order valence-electron chi connectivity index (χ3n) is 5.07. The second-order valence-corrected chi connectivity index (χ2v) is 8.15. The molecule has 28 heavy (non-hydrogen) atoms. The number of ether oxygens (including phenoxy) is 1. The highest BCUT2D eigenvalue weighted by Gasteiger charge is 2.30. The molecule has 2 aromatic rings. The Morgan fingerprint density at radius 1 is 1.21 bits per heavy atom. The molecule has 6 heteroatoms. The highest BCUT2D eigenvalue weighted by Crippen LogP contribution is 2.23. The lowest BCUT2D eigenvalue weighted by Crippen LogP contribution is -2.46. The summed E-state index contributed by atoms with van der Waals surface area (Å²) in [5, 5.41) is 17.8. The van der Waals surface area contributed by atoms with Crippen LogP contribution in [0.4, 0.5) is 0 Å². The van der Waals surface area contributed by atoms with E-state index in [1.807, 2.05) is 12.1 Å². The van der Waals surface area contributed by atoms with E-state index in [1.165, 1.54) is 5.56 Å². The largest absolute Gasteiger partial charge is 0.390 e. The molecule has 3 atom stereocenters. The van der Waals surface area contributed by atoms with Crippen LogP contribution in [-0.4, -0.2) is 53.1 Å². The predicted octanol–water partition coefficient (Wildman–Crippen LogP) is 2.76. The van der Waals surface area contributed by atoms with E-state index in [9.17, 15) is 5.11 Å². The fraction of sp³-hybridized carbons (Fsp3) is 0.591. The van der Waals surface area contributed by atoms with Crippen LogP contribution in [0.2, 0.25) is 0 Å². The molecule has 0 amide bonds. The van der Waals surface area contributed by atoms with Crippen molar-refractivity contribution >= 4 is 0 Å². The van der Waals surface area contributed by atoms with E-state index in [4.69, 9.17) is 9.26 Å². The fourth-order valence-electron chi connectivity index (χ4n) is 3.61. The quantitative estimate of drug-likeness (QED) is 0.689. The molecule has 1 fully saturated rings. The second kappa shape index (κ2) is 10.2. The number of rotatable bonds is 9. The number of nitrogens with zero attached hydrogens (tertiary/aromatic N) is 2. The Bertz CT molecular complexity index is 704. The number of benzene rings is 1. The normalized spacial score (nSPS) is 22.9. The van der Waals surface area contributed by atoms with Crippen molar-refractivity contribution in [1.82, 2.24) is 15.4 Å². The smallest absolute Gasteiger partial charge is 0.150 e. The molecule has 0 aliphatic carbocycles. The summed E-state index contributed by atoms with van der Waals surface area (Å²) >= 11 is 0. The minimum absolute atomic E-state index is 0.0716. The molecule has 1 aliphatic heterocycles. The van der Waals surface area contributed by atoms with Gasteiger partial charge in [0.1, 0.15) is 0 Å². The Kier molecular flexibility index (Phi) is 7.62. The van der Waals surface area contributed by atoms with Gasteiger partial charge >= 0.3 is 0 Å². The molecule has 2 heterocycles. The van der Waals surface area contributed by atoms with Crippen molar-refractivity contribution in [1.29, 1.82) is 0 Å². The first-order valence-electron chi connectivity index (χ1n) is 10.2. The molecule has 1 aliphatic rings. The average Bonchev–Trinajstić information content (AvgIpc) is 3.09. The first kappa shape index (κ1) is 21.0. The third kappa shape index (κ3) is 6.41. The number of aromatic nitrogens is 1. The van der Waals surface area contributed by atoms with Crippen molar-refractivity contribution in [2.24, 2.45) is 0 Å². The zero-order chi connectivity index (χ0) is 19.9. The van der Waals surface area contributed by atoms with Gasteiger partial charge in [0, 0.05) is 31.6 Å². The molecule has 154 valence electrons. The molecule has 0 saturated carbocycles. The van der Waals surface area contributed by atoms with Gasteiger partial charge in [-0.1, -0.05) is 49.3 Å². The van der Waals surface area contributed by atoms with Crippen molar-refractivity contribution in [3.05, 3.63) is 53.4 Å². The van der Waals surface area contributed by atoms with Crippen LogP contribution in [0.5, 0.6) is 0 Å². The Morgan fingerprint density at radius 2 is 2.00 bits per heavy atom. The molecule has 0 unspecified atom stereocenters. The number of aliphatic hydroxyl groups excluding tert-OH is 1. The van der Waals surface area contributed by atoms with Crippen molar-refractivity contribution in [2.45, 2.75) is 70.6 Å². The monoisotopic (exact) mass is 387 g/mol. The summed E-state index contributed by atoms with van der Waals surface area (Å²) in [4.78, 5) is 2.21. The SMILES string of the molecule is CC(C)NC[C@H]1O[C@H](Cc2cc(CN(C)Cc3ccccc3)on2)CC[C@@H]1O. The summed E-state index contributed by atoms with van der Waals surface area (Å²) in [5.41, 5.74) is 2.19. The van der Waals surface area contributed by atoms with E-state index < -0.39 is 6.10 Å². The van der Waals surface area contributed by atoms with Crippen LogP contribution in [0.3, 0.4) is 0 Å². The standard InChI is InChI=1S/C22H33N3O3/c1-16(2)23-13-22-21(26)10-9-19(27-22)11-18-12-20(28-24-18)15-25(3)14-17-7-5-4-6-8-17/h4-8,12,16,19,21-23,26H,9-11,13-15H2,1-3H3/t19-,21-,22+/m0/s1. The lowest BCUT2D eigenvalue weighted by Gasteiger charge is -2.34. The van der Waals surface area contributed by atoms with Gasteiger partial charge in [0.25, 0.3) is 0 Å². The maximum atomic E-state index is 10.2. The fourth-order valence-corrected chi connectivity index (χ4v) is 3.61. The lowest BCUT2D eigenvalue weighted by atomic mass is 9.98. The molecule has 1 saturated heterocycles. The lowest BCUT2D eigenvalue weighted by molar-refractivity contribution is -0.115. The van der Waals surface area contributed by atoms with Gasteiger partial charge in [0.15, 0.2) is 5.76 Å². The molecule has 3 rings (SSSR count). The third-order valence-corrected chi connectivity index (χ3v) is 5.07. The maximum absolute atomic E-state index is 10.2. The van der Waals surface area contributed by atoms with Crippen LogP contribution in [-0.2, 0) is 24.2 Å². The second-order valence-electron chi connectivity index (χ2n) is 8.15. The Balaban J connectivity index is 1.48. The molecule has 6 nitrogen and oxygen atoms in total. The van der Waals surface area contributed by atoms with Crippen LogP contribution in [0.25, 0.3) is 0 Å². The first-order chi connectivity index (χ1) is 13.5. The highest BCUT2D eigenvalue weighted by atomic mass is 16.5. The van der Waals surface area contributed by atoms with E-state index >= 15 is 0 Å². The molecule has 2 N–H and O–H groups in total. The topological polar surface area (TPSA) is 70.8 Å². The summed E-state index contributed by atoms with van der Waals surface area (Å²) < 4.78 is 11.7.